The molecule has 12 heavy (non-hydrogen) atoms. The highest BCUT2D eigenvalue weighted by Gasteiger charge is 2.10. The summed E-state index contributed by atoms with van der Waals surface area (Å²) in [6.45, 7) is 1.95. The van der Waals surface area contributed by atoms with E-state index in [9.17, 15) is 4.79 Å². The number of hydrogen-bond acceptors (Lipinski definition) is 4. The summed E-state index contributed by atoms with van der Waals surface area (Å²) in [4.78, 5) is 18.6. The van der Waals surface area contributed by atoms with E-state index in [1.165, 1.54) is 24.3 Å². The highest BCUT2D eigenvalue weighted by Crippen LogP contribution is 2.18. The average Bonchev–Trinajstić information content (AvgIpc) is 2.05. The van der Waals surface area contributed by atoms with Crippen LogP contribution in [0.15, 0.2) is 17.4 Å². The van der Waals surface area contributed by atoms with E-state index in [1.54, 1.807) is 0 Å². The van der Waals surface area contributed by atoms with Gasteiger partial charge in [-0.25, -0.2) is 14.8 Å². The molecule has 0 bridgehead atoms. The fraction of sp³-hybridized carbons (Fsp3) is 0.286. The summed E-state index contributed by atoms with van der Waals surface area (Å²) < 4.78 is 0. The van der Waals surface area contributed by atoms with E-state index in [-0.39, 0.29) is 5.69 Å². The Labute approximate surface area is 74.0 Å². The van der Waals surface area contributed by atoms with Crippen LogP contribution < -0.4 is 0 Å². The molecule has 1 aromatic heterocycles. The number of carboxylic acids is 1. The van der Waals surface area contributed by atoms with Gasteiger partial charge in [-0.1, -0.05) is 6.92 Å². The van der Waals surface area contributed by atoms with E-state index >= 15 is 0 Å². The lowest BCUT2D eigenvalue weighted by Crippen LogP contribution is -2.02. The van der Waals surface area contributed by atoms with E-state index in [0.717, 1.165) is 5.75 Å². The topological polar surface area (TPSA) is 63.1 Å². The molecule has 5 heteroatoms. The van der Waals surface area contributed by atoms with Crippen LogP contribution in [-0.2, 0) is 0 Å². The molecular weight excluding hydrogens is 176 g/mol. The summed E-state index contributed by atoms with van der Waals surface area (Å²) in [6, 6.07) is 0. The van der Waals surface area contributed by atoms with Crippen molar-refractivity contribution in [3.05, 3.63) is 18.2 Å². The van der Waals surface area contributed by atoms with E-state index in [1.807, 2.05) is 6.92 Å². The lowest BCUT2D eigenvalue weighted by atomic mass is 10.4. The molecule has 0 aliphatic carbocycles. The molecule has 0 saturated heterocycles. The normalized spacial score (nSPS) is 9.75. The zero-order valence-corrected chi connectivity index (χ0v) is 7.34. The Hall–Kier alpha value is -1.10. The van der Waals surface area contributed by atoms with Crippen LogP contribution in [-0.4, -0.2) is 26.8 Å². The van der Waals surface area contributed by atoms with Crippen LogP contribution >= 0.6 is 11.8 Å². The Morgan fingerprint density at radius 3 is 3.08 bits per heavy atom. The van der Waals surface area contributed by atoms with Crippen molar-refractivity contribution in [2.24, 2.45) is 0 Å². The third-order valence-corrected chi connectivity index (χ3v) is 2.08. The predicted molar refractivity (Wildman–Crippen MR) is 45.4 cm³/mol. The molecule has 0 saturated carbocycles. The second-order valence-electron chi connectivity index (χ2n) is 1.97. The monoisotopic (exact) mass is 184 g/mol. The van der Waals surface area contributed by atoms with E-state index in [0.29, 0.717) is 4.90 Å². The molecule has 1 heterocycles. The van der Waals surface area contributed by atoms with E-state index in [2.05, 4.69) is 9.97 Å². The summed E-state index contributed by atoms with van der Waals surface area (Å²) in [5.74, 6) is -0.193. The summed E-state index contributed by atoms with van der Waals surface area (Å²) in [5.41, 5.74) is 0.0804. The van der Waals surface area contributed by atoms with Gasteiger partial charge in [0.2, 0.25) is 0 Å². The van der Waals surface area contributed by atoms with Gasteiger partial charge >= 0.3 is 5.97 Å². The molecule has 4 nitrogen and oxygen atoms in total. The van der Waals surface area contributed by atoms with Crippen molar-refractivity contribution in [3.8, 4) is 0 Å². The van der Waals surface area contributed by atoms with Gasteiger partial charge in [-0.3, -0.25) is 0 Å². The molecule has 64 valence electrons. The largest absolute Gasteiger partial charge is 0.476 e. The molecule has 0 spiro atoms. The third kappa shape index (κ3) is 1.94. The maximum atomic E-state index is 10.6. The van der Waals surface area contributed by atoms with Gasteiger partial charge in [0.15, 0.2) is 5.69 Å². The quantitative estimate of drug-likeness (QED) is 0.717. The molecule has 0 amide bonds. The number of carboxylic acid groups (broad SMARTS) is 1. The predicted octanol–water partition coefficient (Wildman–Crippen LogP) is 1.29. The molecule has 1 N–H and O–H groups in total. The third-order valence-electron chi connectivity index (χ3n) is 1.18. The van der Waals surface area contributed by atoms with Gasteiger partial charge < -0.3 is 5.11 Å². The first-order valence-corrected chi connectivity index (χ1v) is 4.40. The van der Waals surface area contributed by atoms with Crippen LogP contribution in [0, 0.1) is 0 Å². The molecular formula is C7H8N2O2S. The Morgan fingerprint density at radius 2 is 2.50 bits per heavy atom. The second kappa shape index (κ2) is 4.06. The number of aromatic carboxylic acids is 1. The lowest BCUT2D eigenvalue weighted by molar-refractivity contribution is 0.0686. The molecule has 1 rings (SSSR count). The first-order valence-electron chi connectivity index (χ1n) is 3.41. The van der Waals surface area contributed by atoms with Crippen molar-refractivity contribution in [1.82, 2.24) is 9.97 Å². The van der Waals surface area contributed by atoms with Gasteiger partial charge in [-0.05, 0) is 5.75 Å². The number of rotatable bonds is 3. The van der Waals surface area contributed by atoms with Gasteiger partial charge in [0, 0.05) is 6.20 Å². The van der Waals surface area contributed by atoms with Crippen LogP contribution in [0.3, 0.4) is 0 Å². The number of nitrogens with zero attached hydrogens (tertiary/aromatic N) is 2. The smallest absolute Gasteiger partial charge is 0.355 e. The molecule has 0 fully saturated rings. The first-order chi connectivity index (χ1) is 5.75. The van der Waals surface area contributed by atoms with E-state index in [4.69, 9.17) is 5.11 Å². The number of thioether (sulfide) groups is 1. The van der Waals surface area contributed by atoms with Crippen LogP contribution in [0.5, 0.6) is 0 Å². The molecule has 0 aromatic carbocycles. The van der Waals surface area contributed by atoms with Crippen LogP contribution in [0.4, 0.5) is 0 Å². The SMILES string of the molecule is CCSc1cncnc1C(=O)O. The summed E-state index contributed by atoms with van der Waals surface area (Å²) >= 11 is 1.42. The van der Waals surface area contributed by atoms with Crippen molar-refractivity contribution in [1.29, 1.82) is 0 Å². The average molecular weight is 184 g/mol. The summed E-state index contributed by atoms with van der Waals surface area (Å²) in [6.07, 6.45) is 2.76. The maximum absolute atomic E-state index is 10.6. The van der Waals surface area contributed by atoms with Crippen molar-refractivity contribution < 1.29 is 9.90 Å². The van der Waals surface area contributed by atoms with Gasteiger partial charge in [-0.2, -0.15) is 0 Å². The highest BCUT2D eigenvalue weighted by molar-refractivity contribution is 7.99. The summed E-state index contributed by atoms with van der Waals surface area (Å²) in [7, 11) is 0. The Balaban J connectivity index is 3.00. The maximum Gasteiger partial charge on any atom is 0.355 e. The van der Waals surface area contributed by atoms with Crippen molar-refractivity contribution >= 4 is 17.7 Å². The minimum absolute atomic E-state index is 0.0804. The van der Waals surface area contributed by atoms with E-state index < -0.39 is 5.97 Å². The summed E-state index contributed by atoms with van der Waals surface area (Å²) in [5, 5.41) is 8.69. The molecule has 0 aliphatic rings. The minimum Gasteiger partial charge on any atom is -0.476 e. The fourth-order valence-electron chi connectivity index (χ4n) is 0.739. The number of hydrogen-bond donors (Lipinski definition) is 1. The Morgan fingerprint density at radius 1 is 1.75 bits per heavy atom. The van der Waals surface area contributed by atoms with Crippen molar-refractivity contribution in [2.45, 2.75) is 11.8 Å². The standard InChI is InChI=1S/C7H8N2O2S/c1-2-12-5-3-8-4-9-6(5)7(10)11/h3-4H,2H2,1H3,(H,10,11). The number of aromatic nitrogens is 2. The Bertz CT molecular complexity index is 290. The zero-order chi connectivity index (χ0) is 8.97. The first kappa shape index (κ1) is 8.99. The number of carbonyl (C=O) groups is 1. The van der Waals surface area contributed by atoms with Gasteiger partial charge in [-0.15, -0.1) is 11.8 Å². The molecule has 0 aliphatic heterocycles. The zero-order valence-electron chi connectivity index (χ0n) is 6.52. The lowest BCUT2D eigenvalue weighted by Gasteiger charge is -2.00. The Kier molecular flexibility index (Phi) is 3.04. The second-order valence-corrected chi connectivity index (χ2v) is 3.28. The molecule has 1 aromatic rings. The van der Waals surface area contributed by atoms with Gasteiger partial charge in [0.05, 0.1) is 4.90 Å². The van der Waals surface area contributed by atoms with Crippen molar-refractivity contribution in [3.63, 3.8) is 0 Å². The van der Waals surface area contributed by atoms with Gasteiger partial charge in [0.25, 0.3) is 0 Å². The van der Waals surface area contributed by atoms with Crippen LogP contribution in [0.25, 0.3) is 0 Å². The van der Waals surface area contributed by atoms with Crippen molar-refractivity contribution in [2.75, 3.05) is 5.75 Å². The highest BCUT2D eigenvalue weighted by atomic mass is 32.2. The molecule has 0 atom stereocenters. The minimum atomic E-state index is -1.01. The van der Waals surface area contributed by atoms with Crippen LogP contribution in [0.1, 0.15) is 17.4 Å². The molecule has 0 radical (unpaired) electrons. The van der Waals surface area contributed by atoms with Gasteiger partial charge in [0.1, 0.15) is 6.33 Å². The molecule has 0 unspecified atom stereocenters. The van der Waals surface area contributed by atoms with Crippen LogP contribution in [0.2, 0.25) is 0 Å². The fourth-order valence-corrected chi connectivity index (χ4v) is 1.46.